The first-order valence-corrected chi connectivity index (χ1v) is 18.6. The van der Waals surface area contributed by atoms with E-state index < -0.39 is 0 Å². The number of benzene rings is 4. The van der Waals surface area contributed by atoms with Crippen LogP contribution in [0.2, 0.25) is 0 Å². The van der Waals surface area contributed by atoms with E-state index in [1.165, 1.54) is 27.5 Å². The highest BCUT2D eigenvalue weighted by Gasteiger charge is 2.27. The van der Waals surface area contributed by atoms with Crippen LogP contribution >= 0.6 is 0 Å². The molecule has 0 aliphatic carbocycles. The maximum Gasteiger partial charge on any atom is 0.137 e. The first kappa shape index (κ1) is 35.3. The van der Waals surface area contributed by atoms with E-state index in [9.17, 15) is 0 Å². The summed E-state index contributed by atoms with van der Waals surface area (Å²) in [5.41, 5.74) is 10.6. The first-order chi connectivity index (χ1) is 24.7. The summed E-state index contributed by atoms with van der Waals surface area (Å²) in [5, 5.41) is 7.36. The molecule has 5 heteroatoms. The molecular formula is C47H52N4O. The van der Waals surface area contributed by atoms with Crippen molar-refractivity contribution < 1.29 is 4.74 Å². The van der Waals surface area contributed by atoms with E-state index in [1.807, 2.05) is 29.1 Å². The van der Waals surface area contributed by atoms with Crippen molar-refractivity contribution in [1.29, 1.82) is 0 Å². The molecule has 266 valence electrons. The number of aromatic nitrogens is 4. The quantitative estimate of drug-likeness (QED) is 0.160. The zero-order valence-electron chi connectivity index (χ0n) is 32.5. The molecule has 0 bridgehead atoms. The average Bonchev–Trinajstić information content (AvgIpc) is 3.59. The highest BCUT2D eigenvalue weighted by atomic mass is 16.5. The molecule has 2 atom stereocenters. The number of fused-ring (bicyclic) bond motifs is 3. The van der Waals surface area contributed by atoms with E-state index in [4.69, 9.17) is 14.8 Å². The molecule has 0 amide bonds. The summed E-state index contributed by atoms with van der Waals surface area (Å²) < 4.78 is 11.0. The monoisotopic (exact) mass is 688 g/mol. The number of aryl methyl sites for hydroxylation is 1. The molecule has 5 nitrogen and oxygen atoms in total. The van der Waals surface area contributed by atoms with E-state index in [1.54, 1.807) is 0 Å². The molecule has 4 aromatic carbocycles. The van der Waals surface area contributed by atoms with Crippen molar-refractivity contribution in [2.24, 2.45) is 16.7 Å². The van der Waals surface area contributed by atoms with Gasteiger partial charge < -0.3 is 4.74 Å². The number of ether oxygens (including phenoxy) is 1. The van der Waals surface area contributed by atoms with Gasteiger partial charge in [0.15, 0.2) is 0 Å². The fraction of sp³-hybridized carbons (Fsp3) is 0.319. The number of hydrogen-bond acceptors (Lipinski definition) is 3. The Bertz CT molecular complexity index is 2380. The average molecular weight is 689 g/mol. The van der Waals surface area contributed by atoms with Gasteiger partial charge in [0, 0.05) is 40.4 Å². The second-order valence-electron chi connectivity index (χ2n) is 16.9. The molecule has 0 saturated carbocycles. The van der Waals surface area contributed by atoms with Crippen molar-refractivity contribution in [2.75, 3.05) is 0 Å². The van der Waals surface area contributed by atoms with Crippen molar-refractivity contribution in [1.82, 2.24) is 19.3 Å². The molecule has 7 aromatic rings. The molecule has 0 aliphatic heterocycles. The van der Waals surface area contributed by atoms with E-state index in [0.29, 0.717) is 11.8 Å². The minimum atomic E-state index is 0.167. The zero-order chi connectivity index (χ0) is 36.9. The normalized spacial score (nSPS) is 13.5. The molecular weight excluding hydrogens is 637 g/mol. The van der Waals surface area contributed by atoms with Crippen LogP contribution < -0.4 is 4.74 Å². The summed E-state index contributed by atoms with van der Waals surface area (Å²) >= 11 is 0. The minimum Gasteiger partial charge on any atom is -0.457 e. The predicted octanol–water partition coefficient (Wildman–Crippen LogP) is 12.8. The summed E-state index contributed by atoms with van der Waals surface area (Å²) in [6.07, 6.45) is 2.92. The lowest BCUT2D eigenvalue weighted by Crippen LogP contribution is -2.22. The lowest BCUT2D eigenvalue weighted by atomic mass is 9.72. The van der Waals surface area contributed by atoms with Gasteiger partial charge in [0.1, 0.15) is 17.3 Å². The van der Waals surface area contributed by atoms with Crippen LogP contribution in [0.1, 0.15) is 83.8 Å². The van der Waals surface area contributed by atoms with Gasteiger partial charge in [-0.15, -0.1) is 0 Å². The van der Waals surface area contributed by atoms with Crippen LogP contribution in [0.5, 0.6) is 11.5 Å². The fourth-order valence-corrected chi connectivity index (χ4v) is 7.69. The summed E-state index contributed by atoms with van der Waals surface area (Å²) in [6.45, 7) is 22.8. The third-order valence-corrected chi connectivity index (χ3v) is 10.8. The molecule has 3 heterocycles. The molecule has 7 rings (SSSR count). The molecule has 52 heavy (non-hydrogen) atoms. The van der Waals surface area contributed by atoms with Crippen molar-refractivity contribution in [2.45, 2.75) is 81.6 Å². The van der Waals surface area contributed by atoms with Crippen molar-refractivity contribution >= 4 is 21.8 Å². The second-order valence-corrected chi connectivity index (χ2v) is 16.9. The topological polar surface area (TPSA) is 44.9 Å². The van der Waals surface area contributed by atoms with Crippen LogP contribution in [0.15, 0.2) is 109 Å². The van der Waals surface area contributed by atoms with Crippen molar-refractivity contribution in [3.63, 3.8) is 0 Å². The summed E-state index contributed by atoms with van der Waals surface area (Å²) in [5.74, 6) is 3.38. The SMILES string of the molecule is Cc1nn(-c2cccc(Oc3ccc4c5cc(C(C)C(C)C(C)(C)C)ccc5n(-c5cc(CC(C)(C)C)ccn5)c4c3)c2)c(C)c1-c1ccccc1. The van der Waals surface area contributed by atoms with Crippen molar-refractivity contribution in [3.05, 3.63) is 132 Å². The maximum absolute atomic E-state index is 6.64. The molecule has 0 radical (unpaired) electrons. The Morgan fingerprint density at radius 3 is 2.19 bits per heavy atom. The van der Waals surface area contributed by atoms with Crippen LogP contribution in [0.25, 0.3) is 44.4 Å². The number of rotatable bonds is 8. The number of hydrogen-bond donors (Lipinski definition) is 0. The van der Waals surface area contributed by atoms with Crippen LogP contribution in [0.4, 0.5) is 0 Å². The Hall–Kier alpha value is -5.16. The van der Waals surface area contributed by atoms with Gasteiger partial charge in [-0.25, -0.2) is 9.67 Å². The van der Waals surface area contributed by atoms with Gasteiger partial charge in [-0.05, 0) is 108 Å². The van der Waals surface area contributed by atoms with Crippen LogP contribution in [-0.4, -0.2) is 19.3 Å². The first-order valence-electron chi connectivity index (χ1n) is 18.6. The third kappa shape index (κ3) is 6.89. The van der Waals surface area contributed by atoms with Crippen molar-refractivity contribution in [3.8, 4) is 34.1 Å². The Labute approximate surface area is 309 Å². The van der Waals surface area contributed by atoms with Crippen LogP contribution in [0.3, 0.4) is 0 Å². The molecule has 0 aliphatic rings. The van der Waals surface area contributed by atoms with Gasteiger partial charge in [0.05, 0.1) is 22.4 Å². The zero-order valence-corrected chi connectivity index (χ0v) is 32.5. The van der Waals surface area contributed by atoms with Gasteiger partial charge in [-0.2, -0.15) is 5.10 Å². The van der Waals surface area contributed by atoms with E-state index in [0.717, 1.165) is 57.4 Å². The molecule has 0 saturated heterocycles. The molecule has 0 fully saturated rings. The Balaban J connectivity index is 1.31. The summed E-state index contributed by atoms with van der Waals surface area (Å²) in [7, 11) is 0. The Morgan fingerprint density at radius 2 is 1.46 bits per heavy atom. The van der Waals surface area contributed by atoms with E-state index in [-0.39, 0.29) is 10.8 Å². The van der Waals surface area contributed by atoms with Gasteiger partial charge >= 0.3 is 0 Å². The molecule has 2 unspecified atom stereocenters. The molecule has 0 N–H and O–H groups in total. The second kappa shape index (κ2) is 13.4. The summed E-state index contributed by atoms with van der Waals surface area (Å²) in [4.78, 5) is 4.94. The van der Waals surface area contributed by atoms with Crippen LogP contribution in [-0.2, 0) is 6.42 Å². The Morgan fingerprint density at radius 1 is 0.712 bits per heavy atom. The smallest absolute Gasteiger partial charge is 0.137 e. The highest BCUT2D eigenvalue weighted by molar-refractivity contribution is 6.09. The standard InChI is InChI=1S/C47H52N4O/c1-30(31(2)47(8,9)10)36-19-22-42-41(26-36)40-21-20-39(28-43(40)50(42)44-25-34(23-24-48-44)29-46(5,6)7)52-38-18-14-17-37(27-38)51-33(4)45(32(3)49-51)35-15-12-11-13-16-35/h11-28,30-31H,29H2,1-10H3. The fourth-order valence-electron chi connectivity index (χ4n) is 7.69. The maximum atomic E-state index is 6.64. The predicted molar refractivity (Wildman–Crippen MR) is 217 cm³/mol. The summed E-state index contributed by atoms with van der Waals surface area (Å²) in [6, 6.07) is 36.5. The Kier molecular flexibility index (Phi) is 9.10. The van der Waals surface area contributed by atoms with E-state index >= 15 is 0 Å². The van der Waals surface area contributed by atoms with Crippen LogP contribution in [0, 0.1) is 30.6 Å². The lowest BCUT2D eigenvalue weighted by Gasteiger charge is -2.32. The van der Waals surface area contributed by atoms with Gasteiger partial charge in [-0.3, -0.25) is 4.57 Å². The lowest BCUT2D eigenvalue weighted by molar-refractivity contribution is 0.228. The van der Waals surface area contributed by atoms with Gasteiger partial charge in [-0.1, -0.05) is 97.9 Å². The molecule has 3 aromatic heterocycles. The minimum absolute atomic E-state index is 0.167. The van der Waals surface area contributed by atoms with E-state index in [2.05, 4.69) is 159 Å². The number of nitrogens with zero attached hydrogens (tertiary/aromatic N) is 4. The third-order valence-electron chi connectivity index (χ3n) is 10.8. The van der Waals surface area contributed by atoms with Gasteiger partial charge in [0.25, 0.3) is 0 Å². The number of pyridine rings is 1. The largest absolute Gasteiger partial charge is 0.457 e. The van der Waals surface area contributed by atoms with Gasteiger partial charge in [0.2, 0.25) is 0 Å². The molecule has 0 spiro atoms. The highest BCUT2D eigenvalue weighted by Crippen LogP contribution is 2.41.